The molecule has 0 spiro atoms. The number of rotatable bonds is 5. The first-order chi connectivity index (χ1) is 14.2. The molecule has 0 atom stereocenters. The number of hydrogen-bond donors (Lipinski definition) is 0. The molecule has 0 saturated heterocycles. The molecule has 0 aliphatic rings. The van der Waals surface area contributed by atoms with Gasteiger partial charge in [0.05, 0.1) is 12.6 Å². The van der Waals surface area contributed by atoms with Crippen molar-refractivity contribution in [3.05, 3.63) is 47.5 Å². The largest absolute Gasteiger partial charge is 0.496 e. The third kappa shape index (κ3) is 4.63. The predicted molar refractivity (Wildman–Crippen MR) is 114 cm³/mol. The first-order valence-electron chi connectivity index (χ1n) is 9.28. The van der Waals surface area contributed by atoms with E-state index in [1.165, 1.54) is 17.3 Å². The predicted octanol–water partition coefficient (Wildman–Crippen LogP) is 4.41. The zero-order valence-electron chi connectivity index (χ0n) is 17.2. The number of aromatic nitrogens is 3. The van der Waals surface area contributed by atoms with Gasteiger partial charge in [-0.2, -0.15) is 5.26 Å². The first kappa shape index (κ1) is 21.4. The summed E-state index contributed by atoms with van der Waals surface area (Å²) in [5.41, 5.74) is 0.604. The van der Waals surface area contributed by atoms with Crippen LogP contribution in [0.5, 0.6) is 5.75 Å². The quantitative estimate of drug-likeness (QED) is 0.560. The summed E-state index contributed by atoms with van der Waals surface area (Å²) in [4.78, 5) is 22.3. The molecule has 1 aromatic carbocycles. The summed E-state index contributed by atoms with van der Waals surface area (Å²) in [6.45, 7) is 5.90. The third-order valence-electron chi connectivity index (χ3n) is 4.30. The Bertz CT molecular complexity index is 1110. The Labute approximate surface area is 179 Å². The van der Waals surface area contributed by atoms with Crippen molar-refractivity contribution >= 4 is 34.4 Å². The number of ether oxygens (including phenoxy) is 2. The molecule has 0 fully saturated rings. The van der Waals surface area contributed by atoms with Crippen molar-refractivity contribution in [2.75, 3.05) is 18.6 Å². The van der Waals surface area contributed by atoms with Crippen molar-refractivity contribution in [2.24, 2.45) is 0 Å². The van der Waals surface area contributed by atoms with Crippen LogP contribution in [0.1, 0.15) is 26.5 Å². The summed E-state index contributed by atoms with van der Waals surface area (Å²) >= 11 is 5.99. The Kier molecular flexibility index (Phi) is 6.13. The molecule has 0 radical (unpaired) electrons. The van der Waals surface area contributed by atoms with E-state index in [2.05, 4.69) is 16.0 Å². The van der Waals surface area contributed by atoms with Crippen molar-refractivity contribution in [3.8, 4) is 11.8 Å². The minimum absolute atomic E-state index is 0.206. The summed E-state index contributed by atoms with van der Waals surface area (Å²) in [7, 11) is 1.58. The minimum Gasteiger partial charge on any atom is -0.496 e. The van der Waals surface area contributed by atoms with Gasteiger partial charge in [0, 0.05) is 24.5 Å². The average Bonchev–Trinajstić information content (AvgIpc) is 3.04. The second-order valence-corrected chi connectivity index (χ2v) is 7.90. The fraction of sp³-hybridized carbons (Fsp3) is 0.333. The molecule has 0 N–H and O–H groups in total. The van der Waals surface area contributed by atoms with Crippen LogP contribution in [0.25, 0.3) is 10.9 Å². The van der Waals surface area contributed by atoms with Crippen molar-refractivity contribution in [3.63, 3.8) is 0 Å². The third-order valence-corrected chi connectivity index (χ3v) is 4.50. The fourth-order valence-electron chi connectivity index (χ4n) is 3.06. The van der Waals surface area contributed by atoms with Crippen LogP contribution in [0.4, 0.5) is 10.6 Å². The summed E-state index contributed by atoms with van der Waals surface area (Å²) in [5, 5.41) is 10.6. The Morgan fingerprint density at radius 3 is 2.70 bits per heavy atom. The minimum atomic E-state index is -0.683. The number of nitriles is 1. The number of fused-ring (bicyclic) bond motifs is 1. The molecule has 0 aliphatic heterocycles. The van der Waals surface area contributed by atoms with E-state index in [1.54, 1.807) is 33.9 Å². The van der Waals surface area contributed by atoms with Crippen LogP contribution in [-0.4, -0.2) is 39.9 Å². The molecule has 3 rings (SSSR count). The molecule has 2 aromatic heterocycles. The van der Waals surface area contributed by atoms with E-state index in [9.17, 15) is 10.1 Å². The van der Waals surface area contributed by atoms with E-state index in [0.717, 1.165) is 10.9 Å². The summed E-state index contributed by atoms with van der Waals surface area (Å²) in [5.74, 6) is 0.992. The summed E-state index contributed by atoms with van der Waals surface area (Å²) in [6.07, 6.45) is 0.718. The second-order valence-electron chi connectivity index (χ2n) is 7.52. The lowest BCUT2D eigenvalue weighted by Crippen LogP contribution is -2.39. The highest BCUT2D eigenvalue weighted by Crippen LogP contribution is 2.29. The zero-order chi connectivity index (χ0) is 21.9. The van der Waals surface area contributed by atoms with E-state index in [4.69, 9.17) is 21.1 Å². The molecule has 0 unspecified atom stereocenters. The van der Waals surface area contributed by atoms with Gasteiger partial charge in [0.2, 0.25) is 0 Å². The molecule has 0 bridgehead atoms. The van der Waals surface area contributed by atoms with Crippen LogP contribution in [0.15, 0.2) is 36.7 Å². The molecule has 0 saturated carbocycles. The lowest BCUT2D eigenvalue weighted by molar-refractivity contribution is 0.0578. The normalized spacial score (nSPS) is 11.2. The maximum atomic E-state index is 12.9. The molecular weight excluding hydrogens is 406 g/mol. The van der Waals surface area contributed by atoms with Gasteiger partial charge in [-0.05, 0) is 39.0 Å². The number of nitrogens with zero attached hydrogens (tertiary/aromatic N) is 5. The number of carbonyl (C=O) groups excluding carboxylic acids is 1. The van der Waals surface area contributed by atoms with Gasteiger partial charge in [-0.1, -0.05) is 17.7 Å². The number of hydrogen-bond acceptors (Lipinski definition) is 6. The first-order valence-corrected chi connectivity index (χ1v) is 9.65. The number of carbonyl (C=O) groups is 1. The zero-order valence-corrected chi connectivity index (χ0v) is 18.0. The monoisotopic (exact) mass is 427 g/mol. The number of amides is 1. The Morgan fingerprint density at radius 2 is 2.07 bits per heavy atom. The van der Waals surface area contributed by atoms with Gasteiger partial charge in [0.1, 0.15) is 40.4 Å². The van der Waals surface area contributed by atoms with Crippen LogP contribution in [0.2, 0.25) is 5.15 Å². The Hall–Kier alpha value is -3.31. The maximum absolute atomic E-state index is 12.9. The van der Waals surface area contributed by atoms with Crippen molar-refractivity contribution in [2.45, 2.75) is 32.9 Å². The molecule has 8 nitrogen and oxygen atoms in total. The average molecular weight is 428 g/mol. The Morgan fingerprint density at radius 1 is 1.30 bits per heavy atom. The molecule has 2 heterocycles. The van der Waals surface area contributed by atoms with Gasteiger partial charge in [0.15, 0.2) is 0 Å². The standard InChI is InChI=1S/C21H22ClN5O3/c1-21(2,3)30-20(28)27(19-11-18(22)24-13-25-19)9-8-26-14(12-23)10-15-16(26)6-5-7-17(15)29-4/h5-7,10-11,13H,8-9H2,1-4H3. The van der Waals surface area contributed by atoms with E-state index < -0.39 is 11.7 Å². The molecule has 1 amide bonds. The smallest absolute Gasteiger partial charge is 0.416 e. The molecule has 9 heteroatoms. The highest BCUT2D eigenvalue weighted by Gasteiger charge is 2.25. The van der Waals surface area contributed by atoms with Crippen molar-refractivity contribution in [1.82, 2.24) is 14.5 Å². The number of halogens is 1. The lowest BCUT2D eigenvalue weighted by atomic mass is 10.2. The molecule has 156 valence electrons. The molecule has 3 aromatic rings. The van der Waals surface area contributed by atoms with Gasteiger partial charge in [-0.25, -0.2) is 14.8 Å². The van der Waals surface area contributed by atoms with Gasteiger partial charge in [-0.3, -0.25) is 4.90 Å². The summed E-state index contributed by atoms with van der Waals surface area (Å²) in [6, 6.07) is 11.1. The van der Waals surface area contributed by atoms with E-state index in [0.29, 0.717) is 23.8 Å². The van der Waals surface area contributed by atoms with Gasteiger partial charge in [-0.15, -0.1) is 0 Å². The van der Waals surface area contributed by atoms with Gasteiger partial charge < -0.3 is 14.0 Å². The van der Waals surface area contributed by atoms with Crippen molar-refractivity contribution in [1.29, 1.82) is 5.26 Å². The highest BCUT2D eigenvalue weighted by molar-refractivity contribution is 6.29. The molecule has 30 heavy (non-hydrogen) atoms. The number of benzene rings is 1. The van der Waals surface area contributed by atoms with Crippen LogP contribution in [-0.2, 0) is 11.3 Å². The van der Waals surface area contributed by atoms with Crippen LogP contribution >= 0.6 is 11.6 Å². The van der Waals surface area contributed by atoms with Crippen molar-refractivity contribution < 1.29 is 14.3 Å². The lowest BCUT2D eigenvalue weighted by Gasteiger charge is -2.27. The number of methoxy groups -OCH3 is 1. The van der Waals surface area contributed by atoms with Crippen LogP contribution < -0.4 is 9.64 Å². The number of anilines is 1. The van der Waals surface area contributed by atoms with Crippen LogP contribution in [0.3, 0.4) is 0 Å². The van der Waals surface area contributed by atoms with E-state index in [1.807, 2.05) is 22.8 Å². The van der Waals surface area contributed by atoms with Crippen LogP contribution in [0, 0.1) is 11.3 Å². The SMILES string of the molecule is COc1cccc2c1cc(C#N)n2CCN(C(=O)OC(C)(C)C)c1cc(Cl)ncn1. The second kappa shape index (κ2) is 8.59. The van der Waals surface area contributed by atoms with E-state index in [-0.39, 0.29) is 11.7 Å². The van der Waals surface area contributed by atoms with Gasteiger partial charge in [0.25, 0.3) is 0 Å². The molecular formula is C21H22ClN5O3. The van der Waals surface area contributed by atoms with E-state index >= 15 is 0 Å². The Balaban J connectivity index is 1.96. The fourth-order valence-corrected chi connectivity index (χ4v) is 3.20. The molecule has 0 aliphatic carbocycles. The topological polar surface area (TPSA) is 93.3 Å². The highest BCUT2D eigenvalue weighted by atomic mass is 35.5. The maximum Gasteiger partial charge on any atom is 0.416 e. The summed E-state index contributed by atoms with van der Waals surface area (Å²) < 4.78 is 12.8. The van der Waals surface area contributed by atoms with Gasteiger partial charge >= 0.3 is 6.09 Å².